The van der Waals surface area contributed by atoms with Crippen LogP contribution in [0.1, 0.15) is 62.0 Å². The molecule has 186 valence electrons. The highest BCUT2D eigenvalue weighted by Gasteiger charge is 2.64. The van der Waals surface area contributed by atoms with E-state index in [1.165, 1.54) is 0 Å². The number of aliphatic hydroxyl groups is 1. The third-order valence-electron chi connectivity index (χ3n) is 8.05. The molecular formula is C29H37N3O3. The molecule has 2 fully saturated rings. The monoisotopic (exact) mass is 475 g/mol. The average Bonchev–Trinajstić information content (AvgIpc) is 2.85. The number of nitrogens with zero attached hydrogens (tertiary/aromatic N) is 2. The molecule has 0 atom stereocenters. The van der Waals surface area contributed by atoms with Crippen LogP contribution in [0.25, 0.3) is 0 Å². The van der Waals surface area contributed by atoms with Gasteiger partial charge >= 0.3 is 0 Å². The highest BCUT2D eigenvalue weighted by molar-refractivity contribution is 5.95. The van der Waals surface area contributed by atoms with Crippen LogP contribution in [0, 0.1) is 35.0 Å². The number of hydrogen-bond acceptors (Lipinski definition) is 5. The van der Waals surface area contributed by atoms with Crippen LogP contribution in [-0.4, -0.2) is 42.9 Å². The van der Waals surface area contributed by atoms with Crippen molar-refractivity contribution in [3.8, 4) is 11.8 Å². The molecule has 0 spiro atoms. The van der Waals surface area contributed by atoms with Gasteiger partial charge in [0.05, 0.1) is 11.6 Å². The molecule has 35 heavy (non-hydrogen) atoms. The van der Waals surface area contributed by atoms with Crippen molar-refractivity contribution in [3.05, 3.63) is 59.2 Å². The van der Waals surface area contributed by atoms with E-state index in [-0.39, 0.29) is 35.5 Å². The van der Waals surface area contributed by atoms with Gasteiger partial charge in [0.15, 0.2) is 0 Å². The minimum Gasteiger partial charge on any atom is -0.489 e. The van der Waals surface area contributed by atoms with E-state index in [2.05, 4.69) is 44.0 Å². The molecule has 1 amide bonds. The molecule has 0 bridgehead atoms. The normalized spacial score (nSPS) is 23.2. The summed E-state index contributed by atoms with van der Waals surface area (Å²) in [6, 6.07) is 15.5. The third-order valence-corrected chi connectivity index (χ3v) is 8.05. The second-order valence-corrected chi connectivity index (χ2v) is 11.3. The second kappa shape index (κ2) is 9.54. The Morgan fingerprint density at radius 3 is 2.29 bits per heavy atom. The Kier molecular flexibility index (Phi) is 6.83. The van der Waals surface area contributed by atoms with Gasteiger partial charge in [0.25, 0.3) is 5.91 Å². The molecule has 2 aliphatic rings. The first-order chi connectivity index (χ1) is 16.6. The first-order valence-electron chi connectivity index (χ1n) is 12.5. The molecule has 4 rings (SSSR count). The van der Waals surface area contributed by atoms with Crippen LogP contribution in [0.3, 0.4) is 0 Å². The summed E-state index contributed by atoms with van der Waals surface area (Å²) < 4.78 is 6.40. The van der Waals surface area contributed by atoms with E-state index < -0.39 is 0 Å². The van der Waals surface area contributed by atoms with Crippen LogP contribution in [0.5, 0.6) is 5.75 Å². The number of aliphatic hydroxyl groups excluding tert-OH is 1. The van der Waals surface area contributed by atoms with Crippen LogP contribution in [0.15, 0.2) is 42.5 Å². The van der Waals surface area contributed by atoms with E-state index in [9.17, 15) is 15.2 Å². The van der Waals surface area contributed by atoms with Crippen molar-refractivity contribution >= 4 is 11.6 Å². The van der Waals surface area contributed by atoms with Gasteiger partial charge in [-0.05, 0) is 73.7 Å². The van der Waals surface area contributed by atoms with Gasteiger partial charge in [-0.15, -0.1) is 0 Å². The third kappa shape index (κ3) is 4.75. The van der Waals surface area contributed by atoms with Crippen molar-refractivity contribution in [2.45, 2.75) is 59.6 Å². The second-order valence-electron chi connectivity index (χ2n) is 11.3. The number of nitrogens with one attached hydrogen (secondary N) is 1. The summed E-state index contributed by atoms with van der Waals surface area (Å²) in [4.78, 5) is 15.5. The predicted molar refractivity (Wildman–Crippen MR) is 138 cm³/mol. The molecule has 1 saturated heterocycles. The molecule has 2 N–H and O–H groups in total. The van der Waals surface area contributed by atoms with E-state index >= 15 is 0 Å². The molecule has 0 aromatic heterocycles. The van der Waals surface area contributed by atoms with Crippen LogP contribution < -0.4 is 15.0 Å². The molecule has 0 unspecified atom stereocenters. The van der Waals surface area contributed by atoms with Gasteiger partial charge < -0.3 is 20.1 Å². The highest BCUT2D eigenvalue weighted by Crippen LogP contribution is 2.55. The van der Waals surface area contributed by atoms with E-state index in [1.807, 2.05) is 43.3 Å². The lowest BCUT2D eigenvalue weighted by molar-refractivity contribution is -0.164. The highest BCUT2D eigenvalue weighted by atomic mass is 16.5. The zero-order valence-electron chi connectivity index (χ0n) is 21.5. The molecule has 1 heterocycles. The molecule has 6 nitrogen and oxygen atoms in total. The topological polar surface area (TPSA) is 85.6 Å². The molecule has 6 heteroatoms. The Bertz CT molecular complexity index is 1090. The zero-order chi connectivity index (χ0) is 25.4. The van der Waals surface area contributed by atoms with Crippen molar-refractivity contribution in [1.82, 2.24) is 5.32 Å². The van der Waals surface area contributed by atoms with Crippen LogP contribution in [0.2, 0.25) is 0 Å². The van der Waals surface area contributed by atoms with Crippen LogP contribution >= 0.6 is 0 Å². The fourth-order valence-electron chi connectivity index (χ4n) is 6.18. The number of carbonyl (C=O) groups is 1. The zero-order valence-corrected chi connectivity index (χ0v) is 21.5. The summed E-state index contributed by atoms with van der Waals surface area (Å²) in [5.74, 6) is 1.07. The number of ether oxygens (including phenoxy) is 1. The Hall–Kier alpha value is -3.04. The number of rotatable bonds is 6. The van der Waals surface area contributed by atoms with Crippen LogP contribution in [0.4, 0.5) is 5.69 Å². The average molecular weight is 476 g/mol. The molecule has 2 aromatic rings. The Labute approximate surface area is 208 Å². The summed E-state index contributed by atoms with van der Waals surface area (Å²) in [6.07, 6.45) is 1.91. The summed E-state index contributed by atoms with van der Waals surface area (Å²) in [6.45, 7) is 12.6. The molecule has 1 saturated carbocycles. The molecular weight excluding hydrogens is 438 g/mol. The van der Waals surface area contributed by atoms with Gasteiger partial charge in [0.2, 0.25) is 0 Å². The number of hydrogen-bond donors (Lipinski definition) is 2. The van der Waals surface area contributed by atoms with Crippen molar-refractivity contribution < 1.29 is 14.6 Å². The maximum absolute atomic E-state index is 13.1. The number of aryl methyl sites for hydroxylation is 1. The summed E-state index contributed by atoms with van der Waals surface area (Å²) in [5, 5.41) is 21.8. The quantitative estimate of drug-likeness (QED) is 0.633. The summed E-state index contributed by atoms with van der Waals surface area (Å²) in [7, 11) is 0. The largest absolute Gasteiger partial charge is 0.489 e. The maximum Gasteiger partial charge on any atom is 0.251 e. The molecule has 1 aliphatic heterocycles. The van der Waals surface area contributed by atoms with Crippen molar-refractivity contribution in [2.75, 3.05) is 24.6 Å². The maximum atomic E-state index is 13.1. The fraction of sp³-hybridized carbons (Fsp3) is 0.517. The standard InChI is InChI=1S/C29H37N3O3/c1-19-16-24(11-8-22(19)17-30)35-27-28(2,3)26(29(27,4)5)31-25(34)21-6-9-23(10-7-21)32-14-12-20(18-33)13-15-32/h6-11,16,20,26-27,33H,12-15,18H2,1-5H3,(H,31,34). The number of nitriles is 1. The van der Waals surface area contributed by atoms with Crippen molar-refractivity contribution in [1.29, 1.82) is 5.26 Å². The summed E-state index contributed by atoms with van der Waals surface area (Å²) >= 11 is 0. The van der Waals surface area contributed by atoms with Crippen molar-refractivity contribution in [3.63, 3.8) is 0 Å². The fourth-order valence-corrected chi connectivity index (χ4v) is 6.18. The van der Waals surface area contributed by atoms with Crippen molar-refractivity contribution in [2.24, 2.45) is 16.7 Å². The number of carbonyl (C=O) groups excluding carboxylic acids is 1. The number of benzene rings is 2. The minimum absolute atomic E-state index is 0.0517. The smallest absolute Gasteiger partial charge is 0.251 e. The van der Waals surface area contributed by atoms with Gasteiger partial charge in [0, 0.05) is 47.8 Å². The molecule has 1 aliphatic carbocycles. The van der Waals surface area contributed by atoms with E-state index in [0.717, 1.165) is 42.9 Å². The Balaban J connectivity index is 1.40. The first-order valence-corrected chi connectivity index (χ1v) is 12.5. The van der Waals surface area contributed by atoms with Gasteiger partial charge in [-0.2, -0.15) is 5.26 Å². The lowest BCUT2D eigenvalue weighted by Crippen LogP contribution is -2.74. The minimum atomic E-state index is -0.266. The van der Waals surface area contributed by atoms with E-state index in [0.29, 0.717) is 17.0 Å². The number of piperidine rings is 1. The van der Waals surface area contributed by atoms with Gasteiger partial charge in [-0.1, -0.05) is 27.7 Å². The number of amides is 1. The lowest BCUT2D eigenvalue weighted by atomic mass is 9.49. The van der Waals surface area contributed by atoms with E-state index in [4.69, 9.17) is 4.74 Å². The first kappa shape index (κ1) is 25.1. The molecule has 2 aromatic carbocycles. The Morgan fingerprint density at radius 2 is 1.74 bits per heavy atom. The summed E-state index contributed by atoms with van der Waals surface area (Å²) in [5.41, 5.74) is 2.78. The van der Waals surface area contributed by atoms with Gasteiger partial charge in [-0.3, -0.25) is 4.79 Å². The van der Waals surface area contributed by atoms with E-state index in [1.54, 1.807) is 6.07 Å². The van der Waals surface area contributed by atoms with Gasteiger partial charge in [0.1, 0.15) is 11.9 Å². The lowest BCUT2D eigenvalue weighted by Gasteiger charge is -2.63. The molecule has 0 radical (unpaired) electrons. The number of anilines is 1. The SMILES string of the molecule is Cc1cc(OC2C(C)(C)C(NC(=O)c3ccc(N4CCC(CO)CC4)cc3)C2(C)C)ccc1C#N. The van der Waals surface area contributed by atoms with Crippen LogP contribution in [-0.2, 0) is 0 Å². The Morgan fingerprint density at radius 1 is 1.11 bits per heavy atom. The van der Waals surface area contributed by atoms with Gasteiger partial charge in [-0.25, -0.2) is 0 Å². The predicted octanol–water partition coefficient (Wildman–Crippen LogP) is 4.69.